The van der Waals surface area contributed by atoms with Crippen molar-refractivity contribution in [3.05, 3.63) is 54.1 Å². The van der Waals surface area contributed by atoms with Gasteiger partial charge < -0.3 is 19.1 Å². The van der Waals surface area contributed by atoms with Crippen molar-refractivity contribution in [3.8, 4) is 11.5 Å². The van der Waals surface area contributed by atoms with Crippen LogP contribution in [0.2, 0.25) is 0 Å². The van der Waals surface area contributed by atoms with Crippen LogP contribution in [0.4, 0.5) is 5.69 Å². The Kier molecular flexibility index (Phi) is 9.86. The summed E-state index contributed by atoms with van der Waals surface area (Å²) in [5, 5.41) is 3.94. The van der Waals surface area contributed by atoms with Crippen LogP contribution in [-0.4, -0.2) is 83.2 Å². The van der Waals surface area contributed by atoms with Crippen LogP contribution in [0.15, 0.2) is 53.6 Å². The van der Waals surface area contributed by atoms with E-state index >= 15 is 0 Å². The van der Waals surface area contributed by atoms with E-state index in [1.165, 1.54) is 13.1 Å². The molecule has 2 aromatic rings. The van der Waals surface area contributed by atoms with Gasteiger partial charge in [0.25, 0.3) is 11.8 Å². The van der Waals surface area contributed by atoms with Crippen molar-refractivity contribution in [2.45, 2.75) is 19.9 Å². The third kappa shape index (κ3) is 8.19. The summed E-state index contributed by atoms with van der Waals surface area (Å²) in [5.74, 6) is 0.424. The molecule has 1 aliphatic heterocycles. The lowest BCUT2D eigenvalue weighted by atomic mass is 10.2. The first kappa shape index (κ1) is 27.9. The number of hydrogen-bond acceptors (Lipinski definition) is 8. The molecule has 1 fully saturated rings. The maximum atomic E-state index is 12.7. The summed E-state index contributed by atoms with van der Waals surface area (Å²) in [4.78, 5) is 26.6. The number of hydrogen-bond donors (Lipinski definition) is 1. The van der Waals surface area contributed by atoms with Gasteiger partial charge in [-0.15, -0.1) is 0 Å². The molecule has 1 N–H and O–H groups in total. The van der Waals surface area contributed by atoms with Crippen molar-refractivity contribution in [3.63, 3.8) is 0 Å². The topological polar surface area (TPSA) is 127 Å². The molecule has 0 saturated carbocycles. The molecule has 0 aliphatic carbocycles. The quantitative estimate of drug-likeness (QED) is 0.344. The van der Waals surface area contributed by atoms with Crippen LogP contribution in [0, 0.1) is 0 Å². The largest absolute Gasteiger partial charge is 0.494 e. The van der Waals surface area contributed by atoms with Crippen LogP contribution in [0.3, 0.4) is 0 Å². The van der Waals surface area contributed by atoms with E-state index in [2.05, 4.69) is 10.5 Å². The Bertz CT molecular complexity index is 1180. The molecular weight excluding hydrogens is 500 g/mol. The first-order valence-electron chi connectivity index (χ1n) is 11.8. The second-order valence-electron chi connectivity index (χ2n) is 8.25. The van der Waals surface area contributed by atoms with Crippen molar-refractivity contribution < 1.29 is 32.2 Å². The third-order valence-electron chi connectivity index (χ3n) is 5.49. The predicted octanol–water partition coefficient (Wildman–Crippen LogP) is 1.63. The lowest BCUT2D eigenvalue weighted by Gasteiger charge is -2.27. The molecule has 200 valence electrons. The molecule has 0 spiro atoms. The number of hydrazone groups is 1. The molecule has 12 heteroatoms. The zero-order valence-electron chi connectivity index (χ0n) is 21.1. The van der Waals surface area contributed by atoms with E-state index in [0.717, 1.165) is 10.6 Å². The summed E-state index contributed by atoms with van der Waals surface area (Å²) in [6, 6.07) is 12.2. The van der Waals surface area contributed by atoms with Crippen molar-refractivity contribution in [1.29, 1.82) is 0 Å². The van der Waals surface area contributed by atoms with Crippen LogP contribution in [-0.2, 0) is 24.3 Å². The van der Waals surface area contributed by atoms with Gasteiger partial charge in [0.2, 0.25) is 10.0 Å². The molecular formula is C25H32N4O7S. The molecule has 3 rings (SSSR count). The Morgan fingerprint density at radius 2 is 1.68 bits per heavy atom. The van der Waals surface area contributed by atoms with E-state index in [1.54, 1.807) is 53.4 Å². The molecule has 0 radical (unpaired) electrons. The highest BCUT2D eigenvalue weighted by atomic mass is 32.2. The second-order valence-corrected chi connectivity index (χ2v) is 10.1. The van der Waals surface area contributed by atoms with Gasteiger partial charge in [-0.2, -0.15) is 5.10 Å². The summed E-state index contributed by atoms with van der Waals surface area (Å²) in [7, 11) is -3.76. The number of nitrogens with zero attached hydrogens (tertiary/aromatic N) is 3. The number of amides is 2. The van der Waals surface area contributed by atoms with E-state index in [4.69, 9.17) is 14.2 Å². The number of anilines is 1. The molecule has 1 unspecified atom stereocenters. The Balaban J connectivity index is 1.55. The highest BCUT2D eigenvalue weighted by molar-refractivity contribution is 7.92. The van der Waals surface area contributed by atoms with E-state index in [1.807, 2.05) is 6.92 Å². The van der Waals surface area contributed by atoms with E-state index in [-0.39, 0.29) is 12.5 Å². The van der Waals surface area contributed by atoms with Crippen LogP contribution in [0.5, 0.6) is 11.5 Å². The summed E-state index contributed by atoms with van der Waals surface area (Å²) in [6.45, 7) is 5.93. The highest BCUT2D eigenvalue weighted by Crippen LogP contribution is 2.24. The summed E-state index contributed by atoms with van der Waals surface area (Å²) >= 11 is 0. The highest BCUT2D eigenvalue weighted by Gasteiger charge is 2.29. The van der Waals surface area contributed by atoms with Crippen molar-refractivity contribution in [2.75, 3.05) is 50.1 Å². The predicted molar refractivity (Wildman–Crippen MR) is 139 cm³/mol. The molecule has 1 aliphatic rings. The number of carbonyl (C=O) groups excluding carboxylic acids is 2. The molecule has 37 heavy (non-hydrogen) atoms. The monoisotopic (exact) mass is 532 g/mol. The van der Waals surface area contributed by atoms with Gasteiger partial charge in [-0.1, -0.05) is 0 Å². The standard InChI is InChI=1S/C25H32N4O7S/c1-4-35-22-11-7-21(8-12-22)29(37(3,32)33)19(2)25(31)27-26-17-20-5-9-23(10-6-20)36-18-24(30)28-13-15-34-16-14-28/h5-12,17,19H,4,13-16,18H2,1-3H3,(H,27,31)/b26-17+. The fourth-order valence-corrected chi connectivity index (χ4v) is 4.80. The number of sulfonamides is 1. The third-order valence-corrected chi connectivity index (χ3v) is 6.73. The van der Waals surface area contributed by atoms with Crippen LogP contribution in [0.25, 0.3) is 0 Å². The number of rotatable bonds is 11. The molecule has 1 saturated heterocycles. The van der Waals surface area contributed by atoms with Gasteiger partial charge in [0.1, 0.15) is 17.5 Å². The number of benzene rings is 2. The Labute approximate surface area is 217 Å². The normalized spacial score (nSPS) is 14.7. The first-order chi connectivity index (χ1) is 17.7. The molecule has 2 aromatic carbocycles. The van der Waals surface area contributed by atoms with Crippen molar-refractivity contribution in [2.24, 2.45) is 5.10 Å². The Hall–Kier alpha value is -3.64. The van der Waals surface area contributed by atoms with Gasteiger partial charge in [0.05, 0.1) is 38.0 Å². The second kappa shape index (κ2) is 13.1. The summed E-state index contributed by atoms with van der Waals surface area (Å²) < 4.78 is 42.1. The maximum Gasteiger partial charge on any atom is 0.263 e. The number of morpholine rings is 1. The minimum Gasteiger partial charge on any atom is -0.494 e. The average Bonchev–Trinajstić information content (AvgIpc) is 2.89. The minimum atomic E-state index is -3.76. The van der Waals surface area contributed by atoms with E-state index in [0.29, 0.717) is 55.7 Å². The van der Waals surface area contributed by atoms with Gasteiger partial charge >= 0.3 is 0 Å². The van der Waals surface area contributed by atoms with Crippen LogP contribution >= 0.6 is 0 Å². The van der Waals surface area contributed by atoms with Gasteiger partial charge in [-0.25, -0.2) is 13.8 Å². The lowest BCUT2D eigenvalue weighted by Crippen LogP contribution is -2.46. The fourth-order valence-electron chi connectivity index (χ4n) is 3.63. The maximum absolute atomic E-state index is 12.7. The van der Waals surface area contributed by atoms with E-state index < -0.39 is 22.0 Å². The molecule has 1 atom stereocenters. The first-order valence-corrected chi connectivity index (χ1v) is 13.7. The molecule has 1 heterocycles. The molecule has 11 nitrogen and oxygen atoms in total. The minimum absolute atomic E-state index is 0.0629. The smallest absolute Gasteiger partial charge is 0.263 e. The zero-order chi connectivity index (χ0) is 26.8. The van der Waals surface area contributed by atoms with Crippen LogP contribution < -0.4 is 19.2 Å². The number of ether oxygens (including phenoxy) is 3. The summed E-state index contributed by atoms with van der Waals surface area (Å²) in [6.07, 6.45) is 2.46. The number of carbonyl (C=O) groups is 2. The molecule has 2 amide bonds. The van der Waals surface area contributed by atoms with Gasteiger partial charge in [-0.05, 0) is 67.9 Å². The Morgan fingerprint density at radius 3 is 2.27 bits per heavy atom. The van der Waals surface area contributed by atoms with Crippen LogP contribution in [0.1, 0.15) is 19.4 Å². The molecule has 0 bridgehead atoms. The SMILES string of the molecule is CCOc1ccc(N(C(C)C(=O)N/N=C/c2ccc(OCC(=O)N3CCOCC3)cc2)S(C)(=O)=O)cc1. The summed E-state index contributed by atoms with van der Waals surface area (Å²) in [5.41, 5.74) is 3.39. The lowest BCUT2D eigenvalue weighted by molar-refractivity contribution is -0.137. The van der Waals surface area contributed by atoms with Gasteiger partial charge in [-0.3, -0.25) is 13.9 Å². The average molecular weight is 533 g/mol. The van der Waals surface area contributed by atoms with Crippen molar-refractivity contribution >= 4 is 33.7 Å². The van der Waals surface area contributed by atoms with Crippen molar-refractivity contribution in [1.82, 2.24) is 10.3 Å². The van der Waals surface area contributed by atoms with Gasteiger partial charge in [0, 0.05) is 13.1 Å². The molecule has 0 aromatic heterocycles. The zero-order valence-corrected chi connectivity index (χ0v) is 21.9. The fraction of sp³-hybridized carbons (Fsp3) is 0.400. The van der Waals surface area contributed by atoms with Gasteiger partial charge in [0.15, 0.2) is 6.61 Å². The Morgan fingerprint density at radius 1 is 1.08 bits per heavy atom. The number of nitrogens with one attached hydrogen (secondary N) is 1. The van der Waals surface area contributed by atoms with E-state index in [9.17, 15) is 18.0 Å².